The summed E-state index contributed by atoms with van der Waals surface area (Å²) in [6.07, 6.45) is -4.02. The first-order valence-electron chi connectivity index (χ1n) is 8.30. The Hall–Kier alpha value is -2.73. The molecule has 5 nitrogen and oxygen atoms in total. The first-order valence-corrected chi connectivity index (χ1v) is 9.28. The number of amides is 1. The number of benzene rings is 1. The van der Waals surface area contributed by atoms with Gasteiger partial charge in [-0.15, -0.1) is 11.8 Å². The predicted molar refractivity (Wildman–Crippen MR) is 100 cm³/mol. The van der Waals surface area contributed by atoms with Crippen LogP contribution in [0.2, 0.25) is 0 Å². The molecule has 0 aliphatic heterocycles. The van der Waals surface area contributed by atoms with Crippen LogP contribution in [0, 0.1) is 18.3 Å². The van der Waals surface area contributed by atoms with Gasteiger partial charge in [0.05, 0.1) is 18.2 Å². The van der Waals surface area contributed by atoms with Gasteiger partial charge in [-0.05, 0) is 31.5 Å². The van der Waals surface area contributed by atoms with Crippen LogP contribution in [0.4, 0.5) is 18.9 Å². The number of carbonyl (C=O) groups is 1. The number of carbonyl (C=O) groups excluding carboxylic acids is 1. The van der Waals surface area contributed by atoms with Gasteiger partial charge >= 0.3 is 6.18 Å². The van der Waals surface area contributed by atoms with E-state index < -0.39 is 17.3 Å². The number of nitrogens with one attached hydrogen (secondary N) is 1. The van der Waals surface area contributed by atoms with Gasteiger partial charge in [0.2, 0.25) is 5.91 Å². The van der Waals surface area contributed by atoms with Crippen molar-refractivity contribution in [3.05, 3.63) is 47.2 Å². The fourth-order valence-corrected chi connectivity index (χ4v) is 3.40. The molecule has 0 atom stereocenters. The zero-order valence-electron chi connectivity index (χ0n) is 15.3. The third-order valence-electron chi connectivity index (χ3n) is 3.67. The average Bonchev–Trinajstić information content (AvgIpc) is 2.64. The molecule has 148 valence electrons. The van der Waals surface area contributed by atoms with Crippen LogP contribution in [-0.4, -0.2) is 23.8 Å². The van der Waals surface area contributed by atoms with Crippen LogP contribution in [0.3, 0.4) is 0 Å². The number of alkyl halides is 3. The summed E-state index contributed by atoms with van der Waals surface area (Å²) >= 11 is 1.04. The molecular formula is C19H18F3N3O2S. The van der Waals surface area contributed by atoms with E-state index >= 15 is 0 Å². The van der Waals surface area contributed by atoms with Gasteiger partial charge in [0.25, 0.3) is 0 Å². The second kappa shape index (κ2) is 9.46. The minimum atomic E-state index is -4.62. The first-order chi connectivity index (χ1) is 13.2. The largest absolute Gasteiger partial charge is 0.497 e. The summed E-state index contributed by atoms with van der Waals surface area (Å²) in [5.74, 6) is 0.749. The van der Waals surface area contributed by atoms with E-state index in [4.69, 9.17) is 10.00 Å². The molecule has 0 aliphatic carbocycles. The fraction of sp³-hybridized carbons (Fsp3) is 0.316. The number of methoxy groups -OCH3 is 1. The minimum absolute atomic E-state index is 0.0306. The van der Waals surface area contributed by atoms with Crippen LogP contribution >= 0.6 is 11.8 Å². The zero-order chi connectivity index (χ0) is 20.7. The molecular weight excluding hydrogens is 391 g/mol. The van der Waals surface area contributed by atoms with Crippen LogP contribution in [-0.2, 0) is 11.0 Å². The van der Waals surface area contributed by atoms with Gasteiger partial charge in [0.1, 0.15) is 16.8 Å². The molecule has 2 rings (SSSR count). The SMILES string of the molecule is COc1cccc(NC(=O)CCCSc2nc(C)cc(C(F)(F)F)c2C#N)c1. The van der Waals surface area contributed by atoms with Crippen LogP contribution in [0.1, 0.15) is 29.7 Å². The summed E-state index contributed by atoms with van der Waals surface area (Å²) in [6, 6.07) is 9.37. The zero-order valence-corrected chi connectivity index (χ0v) is 16.1. The van der Waals surface area contributed by atoms with E-state index in [1.807, 2.05) is 0 Å². The number of nitrogens with zero attached hydrogens (tertiary/aromatic N) is 2. The van der Waals surface area contributed by atoms with Gasteiger partial charge in [-0.25, -0.2) is 4.98 Å². The van der Waals surface area contributed by atoms with Gasteiger partial charge in [-0.1, -0.05) is 6.07 Å². The van der Waals surface area contributed by atoms with Gasteiger partial charge in [0, 0.05) is 29.6 Å². The van der Waals surface area contributed by atoms with Crippen molar-refractivity contribution in [3.8, 4) is 11.8 Å². The van der Waals surface area contributed by atoms with Crippen molar-refractivity contribution in [2.24, 2.45) is 0 Å². The van der Waals surface area contributed by atoms with E-state index in [1.54, 1.807) is 30.3 Å². The summed E-state index contributed by atoms with van der Waals surface area (Å²) in [5, 5.41) is 11.9. The highest BCUT2D eigenvalue weighted by Gasteiger charge is 2.35. The molecule has 1 N–H and O–H groups in total. The number of rotatable bonds is 7. The van der Waals surface area contributed by atoms with Crippen molar-refractivity contribution in [2.75, 3.05) is 18.2 Å². The summed E-state index contributed by atoms with van der Waals surface area (Å²) in [7, 11) is 1.52. The molecule has 1 heterocycles. The molecule has 0 radical (unpaired) electrons. The maximum absolute atomic E-state index is 13.1. The molecule has 0 fully saturated rings. The van der Waals surface area contributed by atoms with E-state index in [-0.39, 0.29) is 23.0 Å². The third-order valence-corrected chi connectivity index (χ3v) is 4.73. The minimum Gasteiger partial charge on any atom is -0.497 e. The second-order valence-corrected chi connectivity index (χ2v) is 6.92. The van der Waals surface area contributed by atoms with Crippen LogP contribution in [0.25, 0.3) is 0 Å². The number of thioether (sulfide) groups is 1. The summed E-state index contributed by atoms with van der Waals surface area (Å²) in [4.78, 5) is 16.1. The summed E-state index contributed by atoms with van der Waals surface area (Å²) in [6.45, 7) is 1.45. The highest BCUT2D eigenvalue weighted by atomic mass is 32.2. The van der Waals surface area contributed by atoms with Crippen molar-refractivity contribution >= 4 is 23.4 Å². The average molecular weight is 409 g/mol. The van der Waals surface area contributed by atoms with Crippen LogP contribution in [0.5, 0.6) is 5.75 Å². The molecule has 9 heteroatoms. The van der Waals surface area contributed by atoms with Gasteiger partial charge in [-0.2, -0.15) is 18.4 Å². The highest BCUT2D eigenvalue weighted by molar-refractivity contribution is 7.99. The second-order valence-electron chi connectivity index (χ2n) is 5.83. The maximum Gasteiger partial charge on any atom is 0.417 e. The number of anilines is 1. The molecule has 1 aromatic heterocycles. The lowest BCUT2D eigenvalue weighted by atomic mass is 10.1. The maximum atomic E-state index is 13.1. The van der Waals surface area contributed by atoms with Crippen molar-refractivity contribution in [2.45, 2.75) is 31.0 Å². The van der Waals surface area contributed by atoms with E-state index in [2.05, 4.69) is 10.3 Å². The molecule has 0 saturated heterocycles. The van der Waals surface area contributed by atoms with E-state index in [1.165, 1.54) is 14.0 Å². The van der Waals surface area contributed by atoms with Gasteiger partial charge < -0.3 is 10.1 Å². The van der Waals surface area contributed by atoms with Crippen LogP contribution < -0.4 is 10.1 Å². The van der Waals surface area contributed by atoms with E-state index in [9.17, 15) is 18.0 Å². The molecule has 1 aromatic carbocycles. The Morgan fingerprint density at radius 1 is 1.36 bits per heavy atom. The quantitative estimate of drug-likeness (QED) is 0.525. The molecule has 0 aliphatic rings. The first kappa shape index (κ1) is 21.6. The lowest BCUT2D eigenvalue weighted by molar-refractivity contribution is -0.138. The Morgan fingerprint density at radius 3 is 2.75 bits per heavy atom. The Kier molecular flexibility index (Phi) is 7.29. The Morgan fingerprint density at radius 2 is 2.11 bits per heavy atom. The predicted octanol–water partition coefficient (Wildman–Crippen LogP) is 4.80. The van der Waals surface area contributed by atoms with Crippen LogP contribution in [0.15, 0.2) is 35.4 Å². The number of pyridine rings is 1. The lowest BCUT2D eigenvalue weighted by Crippen LogP contribution is -2.12. The standard InChI is InChI=1S/C19H18F3N3O2S/c1-12-9-16(19(20,21)22)15(11-23)18(24-12)28-8-4-7-17(26)25-13-5-3-6-14(10-13)27-2/h3,5-6,9-10H,4,7-8H2,1-2H3,(H,25,26). The third kappa shape index (κ3) is 5.89. The Labute approximate surface area is 164 Å². The molecule has 0 spiro atoms. The van der Waals surface area contributed by atoms with Gasteiger partial charge in [-0.3, -0.25) is 4.79 Å². The topological polar surface area (TPSA) is 75.0 Å². The smallest absolute Gasteiger partial charge is 0.417 e. The van der Waals surface area contributed by atoms with E-state index in [0.29, 0.717) is 23.6 Å². The number of nitriles is 1. The normalized spacial score (nSPS) is 11.0. The summed E-state index contributed by atoms with van der Waals surface area (Å²) < 4.78 is 44.4. The number of aryl methyl sites for hydroxylation is 1. The lowest BCUT2D eigenvalue weighted by Gasteiger charge is -2.12. The molecule has 0 bridgehead atoms. The number of halogens is 3. The molecule has 0 unspecified atom stereocenters. The van der Waals surface area contributed by atoms with Crippen molar-refractivity contribution in [1.29, 1.82) is 5.26 Å². The van der Waals surface area contributed by atoms with E-state index in [0.717, 1.165) is 17.8 Å². The molecule has 1 amide bonds. The van der Waals surface area contributed by atoms with Crippen molar-refractivity contribution in [3.63, 3.8) is 0 Å². The molecule has 28 heavy (non-hydrogen) atoms. The molecule has 2 aromatic rings. The van der Waals surface area contributed by atoms with Crippen molar-refractivity contribution < 1.29 is 22.7 Å². The highest BCUT2D eigenvalue weighted by Crippen LogP contribution is 2.36. The Bertz CT molecular complexity index is 895. The monoisotopic (exact) mass is 409 g/mol. The fourth-order valence-electron chi connectivity index (χ4n) is 2.41. The number of ether oxygens (including phenoxy) is 1. The van der Waals surface area contributed by atoms with Crippen molar-refractivity contribution in [1.82, 2.24) is 4.98 Å². The number of hydrogen-bond donors (Lipinski definition) is 1. The Balaban J connectivity index is 1.94. The van der Waals surface area contributed by atoms with Gasteiger partial charge in [0.15, 0.2) is 0 Å². The molecule has 0 saturated carbocycles. The number of hydrogen-bond acceptors (Lipinski definition) is 5. The number of aromatic nitrogens is 1. The summed E-state index contributed by atoms with van der Waals surface area (Å²) in [5.41, 5.74) is -0.687.